The largest absolute Gasteiger partial charge is 0.390 e. The minimum Gasteiger partial charge on any atom is -0.390 e. The summed E-state index contributed by atoms with van der Waals surface area (Å²) in [6, 6.07) is 10.4. The van der Waals surface area contributed by atoms with Gasteiger partial charge in [0, 0.05) is 0 Å². The smallest absolute Gasteiger partial charge is 0.0656 e. The lowest BCUT2D eigenvalue weighted by molar-refractivity contribution is -0.0732. The highest BCUT2D eigenvalue weighted by Crippen LogP contribution is 2.40. The van der Waals surface area contributed by atoms with Crippen LogP contribution in [0.4, 0.5) is 0 Å². The minimum absolute atomic E-state index is 0.352. The first-order chi connectivity index (χ1) is 6.68. The Kier molecular flexibility index (Phi) is 2.60. The molecule has 1 N–H and O–H groups in total. The molecule has 0 aliphatic heterocycles. The van der Waals surface area contributed by atoms with E-state index in [1.165, 1.54) is 5.56 Å². The van der Waals surface area contributed by atoms with Gasteiger partial charge >= 0.3 is 0 Å². The van der Waals surface area contributed by atoms with Gasteiger partial charge < -0.3 is 5.11 Å². The van der Waals surface area contributed by atoms with E-state index in [4.69, 9.17) is 0 Å². The fourth-order valence-electron chi connectivity index (χ4n) is 2.46. The Morgan fingerprint density at radius 3 is 2.50 bits per heavy atom. The standard InChI is InChI=1S/C13H18O/c1-11-9-13(14,10-11)8-7-12-5-3-2-4-6-12/h2-6,11,14H,7-10H2,1H3. The number of benzene rings is 1. The van der Waals surface area contributed by atoms with Crippen LogP contribution in [0.1, 0.15) is 31.7 Å². The molecule has 1 aliphatic carbocycles. The summed E-state index contributed by atoms with van der Waals surface area (Å²) in [5.74, 6) is 0.718. The molecule has 0 aromatic heterocycles. The molecule has 1 aromatic carbocycles. The third kappa shape index (κ3) is 2.16. The molecule has 76 valence electrons. The SMILES string of the molecule is CC1CC(O)(CCc2ccccc2)C1. The lowest BCUT2D eigenvalue weighted by Gasteiger charge is -2.42. The fourth-order valence-corrected chi connectivity index (χ4v) is 2.46. The Labute approximate surface area is 85.8 Å². The van der Waals surface area contributed by atoms with Crippen molar-refractivity contribution in [3.05, 3.63) is 35.9 Å². The monoisotopic (exact) mass is 190 g/mol. The van der Waals surface area contributed by atoms with E-state index >= 15 is 0 Å². The van der Waals surface area contributed by atoms with Crippen LogP contribution in [0.25, 0.3) is 0 Å². The number of aliphatic hydroxyl groups is 1. The Morgan fingerprint density at radius 1 is 1.29 bits per heavy atom. The van der Waals surface area contributed by atoms with Gasteiger partial charge in [0.1, 0.15) is 0 Å². The maximum atomic E-state index is 10.0. The number of rotatable bonds is 3. The van der Waals surface area contributed by atoms with Crippen LogP contribution in [0.5, 0.6) is 0 Å². The summed E-state index contributed by atoms with van der Waals surface area (Å²) in [4.78, 5) is 0. The van der Waals surface area contributed by atoms with E-state index in [-0.39, 0.29) is 5.60 Å². The van der Waals surface area contributed by atoms with Gasteiger partial charge in [-0.05, 0) is 37.2 Å². The van der Waals surface area contributed by atoms with Crippen LogP contribution in [0, 0.1) is 5.92 Å². The van der Waals surface area contributed by atoms with Crippen molar-refractivity contribution in [1.29, 1.82) is 0 Å². The second-order valence-electron chi connectivity index (χ2n) is 4.72. The zero-order valence-corrected chi connectivity index (χ0v) is 8.74. The van der Waals surface area contributed by atoms with Crippen molar-refractivity contribution in [3.63, 3.8) is 0 Å². The fraction of sp³-hybridized carbons (Fsp3) is 0.538. The van der Waals surface area contributed by atoms with Crippen LogP contribution in [-0.2, 0) is 6.42 Å². The van der Waals surface area contributed by atoms with E-state index < -0.39 is 0 Å². The Hall–Kier alpha value is -0.820. The average Bonchev–Trinajstić information content (AvgIpc) is 2.15. The second kappa shape index (κ2) is 3.74. The number of hydrogen-bond donors (Lipinski definition) is 1. The van der Waals surface area contributed by atoms with Gasteiger partial charge in [-0.15, -0.1) is 0 Å². The zero-order chi connectivity index (χ0) is 10.0. The summed E-state index contributed by atoms with van der Waals surface area (Å²) in [5, 5.41) is 10.0. The third-order valence-electron chi connectivity index (χ3n) is 3.18. The van der Waals surface area contributed by atoms with Crippen LogP contribution in [0.15, 0.2) is 30.3 Å². The molecule has 0 radical (unpaired) electrons. The van der Waals surface area contributed by atoms with Crippen molar-refractivity contribution in [2.45, 2.75) is 38.2 Å². The van der Waals surface area contributed by atoms with Gasteiger partial charge in [-0.1, -0.05) is 37.3 Å². The first-order valence-electron chi connectivity index (χ1n) is 5.44. The maximum absolute atomic E-state index is 10.0. The highest BCUT2D eigenvalue weighted by molar-refractivity contribution is 5.15. The predicted octanol–water partition coefficient (Wildman–Crippen LogP) is 2.78. The van der Waals surface area contributed by atoms with Crippen LogP contribution < -0.4 is 0 Å². The van der Waals surface area contributed by atoms with Crippen molar-refractivity contribution in [2.24, 2.45) is 5.92 Å². The molecular formula is C13H18O. The van der Waals surface area contributed by atoms with Crippen LogP contribution in [-0.4, -0.2) is 10.7 Å². The normalized spacial score (nSPS) is 31.1. The Morgan fingerprint density at radius 2 is 1.93 bits per heavy atom. The van der Waals surface area contributed by atoms with Gasteiger partial charge in [0.2, 0.25) is 0 Å². The van der Waals surface area contributed by atoms with E-state index in [2.05, 4.69) is 31.2 Å². The molecule has 1 aliphatic rings. The molecule has 1 saturated carbocycles. The Balaban J connectivity index is 1.83. The van der Waals surface area contributed by atoms with E-state index in [9.17, 15) is 5.11 Å². The van der Waals surface area contributed by atoms with E-state index in [0.717, 1.165) is 31.6 Å². The van der Waals surface area contributed by atoms with Crippen LogP contribution in [0.2, 0.25) is 0 Å². The van der Waals surface area contributed by atoms with Crippen molar-refractivity contribution in [1.82, 2.24) is 0 Å². The van der Waals surface area contributed by atoms with Crippen molar-refractivity contribution in [2.75, 3.05) is 0 Å². The summed E-state index contributed by atoms with van der Waals surface area (Å²) >= 11 is 0. The van der Waals surface area contributed by atoms with E-state index in [1.54, 1.807) is 0 Å². The van der Waals surface area contributed by atoms with Crippen molar-refractivity contribution in [3.8, 4) is 0 Å². The van der Waals surface area contributed by atoms with Gasteiger partial charge in [-0.2, -0.15) is 0 Å². The molecule has 0 atom stereocenters. The number of aryl methyl sites for hydroxylation is 1. The highest BCUT2D eigenvalue weighted by atomic mass is 16.3. The van der Waals surface area contributed by atoms with Gasteiger partial charge in [-0.25, -0.2) is 0 Å². The minimum atomic E-state index is -0.352. The van der Waals surface area contributed by atoms with Crippen LogP contribution in [0.3, 0.4) is 0 Å². The predicted molar refractivity (Wildman–Crippen MR) is 58.1 cm³/mol. The Bertz CT molecular complexity index is 285. The summed E-state index contributed by atoms with van der Waals surface area (Å²) < 4.78 is 0. The molecule has 1 aromatic rings. The molecular weight excluding hydrogens is 172 g/mol. The van der Waals surface area contributed by atoms with Crippen molar-refractivity contribution < 1.29 is 5.11 Å². The van der Waals surface area contributed by atoms with Crippen molar-refractivity contribution >= 4 is 0 Å². The molecule has 1 fully saturated rings. The molecule has 14 heavy (non-hydrogen) atoms. The average molecular weight is 190 g/mol. The zero-order valence-electron chi connectivity index (χ0n) is 8.74. The molecule has 2 rings (SSSR count). The second-order valence-corrected chi connectivity index (χ2v) is 4.72. The molecule has 0 bridgehead atoms. The summed E-state index contributed by atoms with van der Waals surface area (Å²) in [5.41, 5.74) is 0.982. The summed E-state index contributed by atoms with van der Waals surface area (Å²) in [6.07, 6.45) is 3.89. The van der Waals surface area contributed by atoms with E-state index in [0.29, 0.717) is 0 Å². The maximum Gasteiger partial charge on any atom is 0.0656 e. The first-order valence-corrected chi connectivity index (χ1v) is 5.44. The summed E-state index contributed by atoms with van der Waals surface area (Å²) in [7, 11) is 0. The molecule has 0 amide bonds. The summed E-state index contributed by atoms with van der Waals surface area (Å²) in [6.45, 7) is 2.21. The third-order valence-corrected chi connectivity index (χ3v) is 3.18. The molecule has 0 unspecified atom stereocenters. The van der Waals surface area contributed by atoms with Gasteiger partial charge in [-0.3, -0.25) is 0 Å². The molecule has 1 nitrogen and oxygen atoms in total. The van der Waals surface area contributed by atoms with Gasteiger partial charge in [0.15, 0.2) is 0 Å². The molecule has 0 heterocycles. The first kappa shape index (κ1) is 9.72. The molecule has 0 saturated heterocycles. The van der Waals surface area contributed by atoms with Crippen LogP contribution >= 0.6 is 0 Å². The van der Waals surface area contributed by atoms with Gasteiger partial charge in [0.05, 0.1) is 5.60 Å². The number of hydrogen-bond acceptors (Lipinski definition) is 1. The lowest BCUT2D eigenvalue weighted by Crippen LogP contribution is -2.42. The highest BCUT2D eigenvalue weighted by Gasteiger charge is 2.39. The lowest BCUT2D eigenvalue weighted by atomic mass is 9.69. The topological polar surface area (TPSA) is 20.2 Å². The molecule has 0 spiro atoms. The van der Waals surface area contributed by atoms with Gasteiger partial charge in [0.25, 0.3) is 0 Å². The molecule has 1 heteroatoms. The quantitative estimate of drug-likeness (QED) is 0.777. The van der Waals surface area contributed by atoms with E-state index in [1.807, 2.05) is 6.07 Å².